The molecular formula is C15H22O3. The van der Waals surface area contributed by atoms with Gasteiger partial charge in [-0.2, -0.15) is 0 Å². The van der Waals surface area contributed by atoms with Gasteiger partial charge in [0.1, 0.15) is 11.9 Å². The zero-order valence-corrected chi connectivity index (χ0v) is 11.7. The van der Waals surface area contributed by atoms with Gasteiger partial charge in [-0.25, -0.2) is 4.79 Å². The highest BCUT2D eigenvalue weighted by Gasteiger charge is 2.56. The van der Waals surface area contributed by atoms with Gasteiger partial charge in [0.15, 0.2) is 0 Å². The van der Waals surface area contributed by atoms with Gasteiger partial charge in [0.2, 0.25) is 0 Å². The van der Waals surface area contributed by atoms with Gasteiger partial charge in [-0.15, -0.1) is 0 Å². The Bertz CT molecular complexity index is 412. The van der Waals surface area contributed by atoms with Crippen molar-refractivity contribution in [3.8, 4) is 0 Å². The monoisotopic (exact) mass is 250 g/mol. The fraction of sp³-hybridized carbons (Fsp3) is 0.733. The van der Waals surface area contributed by atoms with Crippen molar-refractivity contribution in [1.29, 1.82) is 0 Å². The van der Waals surface area contributed by atoms with Crippen LogP contribution in [0.25, 0.3) is 0 Å². The smallest absolute Gasteiger partial charge is 0.334 e. The maximum Gasteiger partial charge on any atom is 0.334 e. The number of ketones is 1. The average Bonchev–Trinajstić information content (AvgIpc) is 2.56. The third-order valence-corrected chi connectivity index (χ3v) is 5.39. The van der Waals surface area contributed by atoms with Crippen LogP contribution in [0.15, 0.2) is 12.2 Å². The number of Topliss-reactive ketones (excluding diaryl/α,β-unsaturated/α-hetero) is 1. The highest BCUT2D eigenvalue weighted by molar-refractivity contribution is 5.92. The Hall–Kier alpha value is -1.12. The normalized spacial score (nSPS) is 44.2. The molecule has 18 heavy (non-hydrogen) atoms. The molecule has 5 atom stereocenters. The van der Waals surface area contributed by atoms with E-state index in [-0.39, 0.29) is 29.7 Å². The van der Waals surface area contributed by atoms with Crippen LogP contribution in [0.3, 0.4) is 0 Å². The number of rotatable bonds is 1. The van der Waals surface area contributed by atoms with Crippen molar-refractivity contribution in [2.75, 3.05) is 0 Å². The molecule has 0 bridgehead atoms. The van der Waals surface area contributed by atoms with E-state index in [1.807, 2.05) is 6.92 Å². The first kappa shape index (κ1) is 13.3. The highest BCUT2D eigenvalue weighted by atomic mass is 16.6. The summed E-state index contributed by atoms with van der Waals surface area (Å²) in [6.45, 7) is 11.7. The van der Waals surface area contributed by atoms with E-state index in [1.165, 1.54) is 0 Å². The minimum atomic E-state index is -0.588. The number of esters is 1. The third-order valence-electron chi connectivity index (χ3n) is 5.39. The van der Waals surface area contributed by atoms with E-state index in [9.17, 15) is 9.59 Å². The number of carbonyl (C=O) groups is 2. The van der Waals surface area contributed by atoms with Gasteiger partial charge in [-0.05, 0) is 38.5 Å². The molecule has 0 aromatic rings. The maximum absolute atomic E-state index is 12.2. The lowest BCUT2D eigenvalue weighted by Crippen LogP contribution is -2.47. The minimum absolute atomic E-state index is 0.0128. The number of ether oxygens (including phenoxy) is 1. The van der Waals surface area contributed by atoms with E-state index in [2.05, 4.69) is 20.4 Å². The molecular weight excluding hydrogens is 228 g/mol. The second-order valence-corrected chi connectivity index (χ2v) is 6.14. The lowest BCUT2D eigenvalue weighted by Gasteiger charge is -2.39. The third kappa shape index (κ3) is 1.63. The molecule has 3 heteroatoms. The molecule has 1 saturated heterocycles. The van der Waals surface area contributed by atoms with Crippen LogP contribution in [0.2, 0.25) is 0 Å². The lowest BCUT2D eigenvalue weighted by atomic mass is 9.65. The van der Waals surface area contributed by atoms with Crippen molar-refractivity contribution >= 4 is 11.8 Å². The predicted molar refractivity (Wildman–Crippen MR) is 68.9 cm³/mol. The van der Waals surface area contributed by atoms with Crippen molar-refractivity contribution < 1.29 is 14.3 Å². The number of fused-ring (bicyclic) bond motifs is 1. The molecule has 2 fully saturated rings. The van der Waals surface area contributed by atoms with Gasteiger partial charge >= 0.3 is 5.97 Å². The summed E-state index contributed by atoms with van der Waals surface area (Å²) in [7, 11) is 0. The van der Waals surface area contributed by atoms with Gasteiger partial charge in [-0.1, -0.05) is 20.4 Å². The Balaban J connectivity index is 2.48. The summed E-state index contributed by atoms with van der Waals surface area (Å²) in [6, 6.07) is 0. The molecule has 0 aromatic heterocycles. The van der Waals surface area contributed by atoms with Crippen LogP contribution in [0.5, 0.6) is 0 Å². The maximum atomic E-state index is 12.2. The van der Waals surface area contributed by atoms with E-state index >= 15 is 0 Å². The molecule has 3 nitrogen and oxygen atoms in total. The van der Waals surface area contributed by atoms with E-state index in [0.29, 0.717) is 11.5 Å². The van der Waals surface area contributed by atoms with Crippen molar-refractivity contribution in [1.82, 2.24) is 0 Å². The first-order valence-corrected chi connectivity index (χ1v) is 6.71. The van der Waals surface area contributed by atoms with Crippen LogP contribution in [0.4, 0.5) is 0 Å². The molecule has 0 spiro atoms. The molecule has 0 radical (unpaired) electrons. The van der Waals surface area contributed by atoms with Crippen LogP contribution in [-0.4, -0.2) is 17.9 Å². The molecule has 1 heterocycles. The Morgan fingerprint density at radius 2 is 2.00 bits per heavy atom. The Morgan fingerprint density at radius 3 is 2.56 bits per heavy atom. The second-order valence-electron chi connectivity index (χ2n) is 6.14. The Morgan fingerprint density at radius 1 is 1.39 bits per heavy atom. The fourth-order valence-corrected chi connectivity index (χ4v) is 3.54. The van der Waals surface area contributed by atoms with E-state index in [4.69, 9.17) is 4.74 Å². The SMILES string of the molecule is C=C1C(=O)O[C@@H]2[C@H]1CC[C@H](C)[C@H](C)[C@@]2(C)C(C)=O. The summed E-state index contributed by atoms with van der Waals surface area (Å²) >= 11 is 0. The number of hydrogen-bond donors (Lipinski definition) is 0. The molecule has 1 aliphatic carbocycles. The average molecular weight is 250 g/mol. The van der Waals surface area contributed by atoms with Crippen LogP contribution in [-0.2, 0) is 14.3 Å². The summed E-state index contributed by atoms with van der Waals surface area (Å²) in [5, 5.41) is 0. The second kappa shape index (κ2) is 4.22. The summed E-state index contributed by atoms with van der Waals surface area (Å²) < 4.78 is 5.49. The first-order chi connectivity index (χ1) is 8.30. The lowest BCUT2D eigenvalue weighted by molar-refractivity contribution is -0.153. The van der Waals surface area contributed by atoms with E-state index in [1.54, 1.807) is 6.92 Å². The molecule has 0 amide bonds. The molecule has 100 valence electrons. The standard InChI is InChI=1S/C15H22O3/c1-8-6-7-12-9(2)14(17)18-13(12)15(5,10(8)3)11(4)16/h8,10,12-13H,2,6-7H2,1,3-5H3/t8-,10-,12-,13+,15-/m0/s1. The summed E-state index contributed by atoms with van der Waals surface area (Å²) in [5.41, 5.74) is -0.0378. The highest BCUT2D eigenvalue weighted by Crippen LogP contribution is 2.51. The van der Waals surface area contributed by atoms with Gasteiger partial charge in [0, 0.05) is 11.5 Å². The fourth-order valence-electron chi connectivity index (χ4n) is 3.54. The summed E-state index contributed by atoms with van der Waals surface area (Å²) in [5.74, 6) is 0.471. The van der Waals surface area contributed by atoms with Gasteiger partial charge in [-0.3, -0.25) is 4.79 Å². The summed E-state index contributed by atoms with van der Waals surface area (Å²) in [4.78, 5) is 23.9. The number of carbonyl (C=O) groups excluding carboxylic acids is 2. The topological polar surface area (TPSA) is 43.4 Å². The Kier molecular flexibility index (Phi) is 3.12. The summed E-state index contributed by atoms with van der Waals surface area (Å²) in [6.07, 6.45) is 1.58. The molecule has 1 aliphatic heterocycles. The molecule has 0 N–H and O–H groups in total. The predicted octanol–water partition coefficient (Wildman–Crippen LogP) is 2.75. The van der Waals surface area contributed by atoms with Crippen molar-refractivity contribution in [3.05, 3.63) is 12.2 Å². The van der Waals surface area contributed by atoms with Crippen LogP contribution >= 0.6 is 0 Å². The first-order valence-electron chi connectivity index (χ1n) is 6.71. The number of hydrogen-bond acceptors (Lipinski definition) is 3. The molecule has 2 aliphatic rings. The van der Waals surface area contributed by atoms with Crippen LogP contribution < -0.4 is 0 Å². The van der Waals surface area contributed by atoms with Gasteiger partial charge < -0.3 is 4.74 Å². The Labute approximate surface area is 109 Å². The quantitative estimate of drug-likeness (QED) is 0.531. The molecule has 0 aromatic carbocycles. The van der Waals surface area contributed by atoms with E-state index in [0.717, 1.165) is 12.8 Å². The largest absolute Gasteiger partial charge is 0.457 e. The minimum Gasteiger partial charge on any atom is -0.457 e. The zero-order chi connectivity index (χ0) is 13.7. The zero-order valence-electron chi connectivity index (χ0n) is 11.7. The van der Waals surface area contributed by atoms with Gasteiger partial charge in [0.25, 0.3) is 0 Å². The van der Waals surface area contributed by atoms with Crippen molar-refractivity contribution in [2.45, 2.75) is 46.6 Å². The van der Waals surface area contributed by atoms with Crippen molar-refractivity contribution in [2.24, 2.45) is 23.2 Å². The van der Waals surface area contributed by atoms with Crippen LogP contribution in [0, 0.1) is 23.2 Å². The van der Waals surface area contributed by atoms with Gasteiger partial charge in [0.05, 0.1) is 5.41 Å². The molecule has 1 saturated carbocycles. The van der Waals surface area contributed by atoms with Crippen molar-refractivity contribution in [3.63, 3.8) is 0 Å². The molecule has 0 unspecified atom stereocenters. The van der Waals surface area contributed by atoms with E-state index < -0.39 is 5.41 Å². The van der Waals surface area contributed by atoms with Crippen LogP contribution in [0.1, 0.15) is 40.5 Å². The molecule has 2 rings (SSSR count).